The fraction of sp³-hybridized carbons (Fsp3) is 0.143. The van der Waals surface area contributed by atoms with Crippen LogP contribution in [0.15, 0.2) is 43.2 Å². The van der Waals surface area contributed by atoms with Gasteiger partial charge in [-0.2, -0.15) is 13.2 Å². The second-order valence-electron chi connectivity index (χ2n) is 4.32. The molecule has 116 valence electrons. The van der Waals surface area contributed by atoms with E-state index in [2.05, 4.69) is 27.2 Å². The summed E-state index contributed by atoms with van der Waals surface area (Å²) in [6.45, 7) is 3.96. The molecule has 0 radical (unpaired) electrons. The molecule has 1 heterocycles. The van der Waals surface area contributed by atoms with Gasteiger partial charge in [0.25, 0.3) is 0 Å². The zero-order valence-electron chi connectivity index (χ0n) is 11.5. The Morgan fingerprint density at radius 1 is 1.18 bits per heavy atom. The maximum atomic E-state index is 13.0. The summed E-state index contributed by atoms with van der Waals surface area (Å²) in [5.41, 5.74) is 5.06. The van der Waals surface area contributed by atoms with Crippen molar-refractivity contribution in [3.05, 3.63) is 48.8 Å². The van der Waals surface area contributed by atoms with Gasteiger partial charge in [0.05, 0.1) is 11.3 Å². The molecule has 8 heteroatoms. The van der Waals surface area contributed by atoms with Gasteiger partial charge < -0.3 is 16.4 Å². The third-order valence-electron chi connectivity index (χ3n) is 2.78. The highest BCUT2D eigenvalue weighted by atomic mass is 19.4. The zero-order valence-corrected chi connectivity index (χ0v) is 11.5. The number of rotatable bonds is 5. The van der Waals surface area contributed by atoms with Crippen molar-refractivity contribution in [3.8, 4) is 0 Å². The summed E-state index contributed by atoms with van der Waals surface area (Å²) in [4.78, 5) is 7.82. The molecule has 2 aromatic rings. The Balaban J connectivity index is 2.34. The summed E-state index contributed by atoms with van der Waals surface area (Å²) < 4.78 is 38.9. The first-order valence-corrected chi connectivity index (χ1v) is 6.32. The second-order valence-corrected chi connectivity index (χ2v) is 4.32. The van der Waals surface area contributed by atoms with Gasteiger partial charge >= 0.3 is 6.18 Å². The summed E-state index contributed by atoms with van der Waals surface area (Å²) >= 11 is 0. The first-order chi connectivity index (χ1) is 10.4. The molecule has 0 aliphatic rings. The summed E-state index contributed by atoms with van der Waals surface area (Å²) in [7, 11) is 0. The van der Waals surface area contributed by atoms with Gasteiger partial charge in [-0.15, -0.1) is 6.58 Å². The molecular formula is C14H14F3N5. The molecule has 0 aliphatic heterocycles. The summed E-state index contributed by atoms with van der Waals surface area (Å²) in [6, 6.07) is 5.10. The molecule has 4 N–H and O–H groups in total. The van der Waals surface area contributed by atoms with E-state index in [1.54, 1.807) is 6.08 Å². The molecule has 1 aromatic heterocycles. The summed E-state index contributed by atoms with van der Waals surface area (Å²) in [6.07, 6.45) is -1.66. The quantitative estimate of drug-likeness (QED) is 0.738. The van der Waals surface area contributed by atoms with E-state index >= 15 is 0 Å². The van der Waals surface area contributed by atoms with Crippen molar-refractivity contribution in [1.29, 1.82) is 0 Å². The van der Waals surface area contributed by atoms with Crippen molar-refractivity contribution in [3.63, 3.8) is 0 Å². The number of para-hydroxylation sites is 1. The SMILES string of the molecule is C=CCNc1ncnc(Nc2ccccc2C(F)(F)F)c1N. The Morgan fingerprint density at radius 2 is 1.86 bits per heavy atom. The lowest BCUT2D eigenvalue weighted by molar-refractivity contribution is -0.136. The largest absolute Gasteiger partial charge is 0.418 e. The van der Waals surface area contributed by atoms with Crippen LogP contribution in [0, 0.1) is 0 Å². The van der Waals surface area contributed by atoms with E-state index in [0.29, 0.717) is 12.4 Å². The van der Waals surface area contributed by atoms with Crippen molar-refractivity contribution >= 4 is 23.0 Å². The number of benzene rings is 1. The van der Waals surface area contributed by atoms with Crippen molar-refractivity contribution in [2.24, 2.45) is 0 Å². The van der Waals surface area contributed by atoms with Crippen molar-refractivity contribution < 1.29 is 13.2 Å². The predicted octanol–water partition coefficient (Wildman–Crippen LogP) is 3.42. The number of nitrogens with zero attached hydrogens (tertiary/aromatic N) is 2. The van der Waals surface area contributed by atoms with Crippen LogP contribution in [-0.2, 0) is 6.18 Å². The van der Waals surface area contributed by atoms with Crippen LogP contribution in [0.5, 0.6) is 0 Å². The molecule has 22 heavy (non-hydrogen) atoms. The Kier molecular flexibility index (Phi) is 4.50. The van der Waals surface area contributed by atoms with E-state index in [4.69, 9.17) is 5.73 Å². The average Bonchev–Trinajstić information content (AvgIpc) is 2.47. The molecule has 0 unspecified atom stereocenters. The minimum absolute atomic E-state index is 0.0956. The number of aromatic nitrogens is 2. The fourth-order valence-corrected chi connectivity index (χ4v) is 1.77. The van der Waals surface area contributed by atoms with Gasteiger partial charge in [-0.25, -0.2) is 9.97 Å². The van der Waals surface area contributed by atoms with Crippen molar-refractivity contribution in [1.82, 2.24) is 9.97 Å². The lowest BCUT2D eigenvalue weighted by Gasteiger charge is -2.15. The number of anilines is 4. The highest BCUT2D eigenvalue weighted by molar-refractivity contribution is 5.78. The molecule has 0 saturated heterocycles. The second kappa shape index (κ2) is 6.33. The normalized spacial score (nSPS) is 11.0. The first-order valence-electron chi connectivity index (χ1n) is 6.32. The molecular weight excluding hydrogens is 295 g/mol. The van der Waals surface area contributed by atoms with Crippen LogP contribution in [0.4, 0.5) is 36.2 Å². The monoisotopic (exact) mass is 309 g/mol. The number of halogens is 3. The van der Waals surface area contributed by atoms with Gasteiger partial charge in [0, 0.05) is 6.54 Å². The standard InChI is InChI=1S/C14H14F3N5/c1-2-7-19-12-11(18)13(21-8-20-12)22-10-6-4-3-5-9(10)14(15,16)17/h2-6,8H,1,7,18H2,(H2,19,20,21,22). The van der Waals surface area contributed by atoms with E-state index < -0.39 is 11.7 Å². The van der Waals surface area contributed by atoms with Crippen molar-refractivity contribution in [2.75, 3.05) is 22.9 Å². The van der Waals surface area contributed by atoms with Crippen LogP contribution in [0.3, 0.4) is 0 Å². The number of nitrogen functional groups attached to an aromatic ring is 1. The molecule has 0 spiro atoms. The third kappa shape index (κ3) is 3.46. The van der Waals surface area contributed by atoms with Crippen LogP contribution in [-0.4, -0.2) is 16.5 Å². The Labute approximate surface area is 125 Å². The molecule has 0 amide bonds. The van der Waals surface area contributed by atoms with Crippen molar-refractivity contribution in [2.45, 2.75) is 6.18 Å². The molecule has 5 nitrogen and oxygen atoms in total. The molecule has 0 saturated carbocycles. The minimum atomic E-state index is -4.48. The number of alkyl halides is 3. The molecule has 2 rings (SSSR count). The molecule has 1 aromatic carbocycles. The lowest BCUT2D eigenvalue weighted by Crippen LogP contribution is -2.11. The van der Waals surface area contributed by atoms with E-state index in [-0.39, 0.29) is 17.2 Å². The number of nitrogens with one attached hydrogen (secondary N) is 2. The van der Waals surface area contributed by atoms with Crippen LogP contribution < -0.4 is 16.4 Å². The smallest absolute Gasteiger partial charge is 0.393 e. The Hall–Kier alpha value is -2.77. The van der Waals surface area contributed by atoms with Gasteiger partial charge in [0.1, 0.15) is 12.0 Å². The van der Waals surface area contributed by atoms with Crippen LogP contribution >= 0.6 is 0 Å². The van der Waals surface area contributed by atoms with E-state index in [9.17, 15) is 13.2 Å². The van der Waals surface area contributed by atoms with Gasteiger partial charge in [-0.05, 0) is 12.1 Å². The van der Waals surface area contributed by atoms with E-state index in [1.165, 1.54) is 24.5 Å². The van der Waals surface area contributed by atoms with Gasteiger partial charge in [0.15, 0.2) is 11.6 Å². The molecule has 0 fully saturated rings. The lowest BCUT2D eigenvalue weighted by atomic mass is 10.1. The summed E-state index contributed by atoms with van der Waals surface area (Å²) in [5.74, 6) is 0.417. The Bertz CT molecular complexity index is 670. The predicted molar refractivity (Wildman–Crippen MR) is 79.9 cm³/mol. The van der Waals surface area contributed by atoms with Gasteiger partial charge in [0.2, 0.25) is 0 Å². The minimum Gasteiger partial charge on any atom is -0.393 e. The first kappa shape index (κ1) is 15.6. The fourth-order valence-electron chi connectivity index (χ4n) is 1.77. The van der Waals surface area contributed by atoms with Crippen LogP contribution in [0.25, 0.3) is 0 Å². The zero-order chi connectivity index (χ0) is 16.2. The average molecular weight is 309 g/mol. The number of nitrogens with two attached hydrogens (primary N) is 1. The molecule has 0 aliphatic carbocycles. The highest BCUT2D eigenvalue weighted by Gasteiger charge is 2.33. The van der Waals surface area contributed by atoms with E-state index in [1.807, 2.05) is 0 Å². The topological polar surface area (TPSA) is 75.9 Å². The number of hydrogen-bond acceptors (Lipinski definition) is 5. The summed E-state index contributed by atoms with van der Waals surface area (Å²) in [5, 5.41) is 5.48. The van der Waals surface area contributed by atoms with Gasteiger partial charge in [-0.1, -0.05) is 18.2 Å². The number of hydrogen-bond donors (Lipinski definition) is 3. The maximum absolute atomic E-state index is 13.0. The van der Waals surface area contributed by atoms with Crippen LogP contribution in [0.2, 0.25) is 0 Å². The highest BCUT2D eigenvalue weighted by Crippen LogP contribution is 2.36. The van der Waals surface area contributed by atoms with Gasteiger partial charge in [-0.3, -0.25) is 0 Å². The molecule has 0 bridgehead atoms. The third-order valence-corrected chi connectivity index (χ3v) is 2.78. The molecule has 0 atom stereocenters. The maximum Gasteiger partial charge on any atom is 0.418 e. The van der Waals surface area contributed by atoms with E-state index in [0.717, 1.165) is 6.07 Å². The van der Waals surface area contributed by atoms with Crippen LogP contribution in [0.1, 0.15) is 5.56 Å². The Morgan fingerprint density at radius 3 is 2.55 bits per heavy atom.